The third-order valence-electron chi connectivity index (χ3n) is 2.90. The minimum absolute atomic E-state index is 0.0582. The van der Waals surface area contributed by atoms with Crippen molar-refractivity contribution in [2.45, 2.75) is 17.9 Å². The van der Waals surface area contributed by atoms with Crippen LogP contribution in [0.15, 0.2) is 53.4 Å². The average molecular weight is 356 g/mol. The maximum absolute atomic E-state index is 12.0. The molecule has 0 heterocycles. The van der Waals surface area contributed by atoms with Crippen molar-refractivity contribution in [3.05, 3.63) is 53.6 Å². The Morgan fingerprint density at radius 1 is 1.17 bits per heavy atom. The van der Waals surface area contributed by atoms with E-state index in [9.17, 15) is 13.2 Å². The Bertz CT molecular complexity index is 805. The van der Waals surface area contributed by atoms with Crippen molar-refractivity contribution in [3.63, 3.8) is 0 Å². The lowest BCUT2D eigenvalue weighted by Crippen LogP contribution is -2.38. The van der Waals surface area contributed by atoms with Gasteiger partial charge in [-0.25, -0.2) is 8.42 Å². The highest BCUT2D eigenvalue weighted by Crippen LogP contribution is 2.29. The normalized spacial score (nSPS) is 12.6. The second-order valence-corrected chi connectivity index (χ2v) is 6.81. The Kier molecular flexibility index (Phi) is 5.25. The topological polar surface area (TPSA) is 92.7 Å². The predicted octanol–water partition coefficient (Wildman–Crippen LogP) is 2.88. The van der Waals surface area contributed by atoms with E-state index in [1.54, 1.807) is 24.3 Å². The molecular weight excluding hydrogens is 342 g/mol. The van der Waals surface area contributed by atoms with E-state index < -0.39 is 22.0 Å². The number of para-hydroxylation sites is 1. The molecule has 23 heavy (non-hydrogen) atoms. The molecule has 0 aliphatic carbocycles. The highest BCUT2D eigenvalue weighted by atomic mass is 35.5. The highest BCUT2D eigenvalue weighted by Gasteiger charge is 2.21. The molecule has 6 nitrogen and oxygen atoms in total. The van der Waals surface area contributed by atoms with Crippen LogP contribution >= 0.6 is 11.6 Å². The number of aliphatic carboxylic acids is 1. The largest absolute Gasteiger partial charge is 0.480 e. The molecule has 2 aromatic carbocycles. The van der Waals surface area contributed by atoms with Crippen molar-refractivity contribution in [1.82, 2.24) is 4.72 Å². The standard InChI is InChI=1S/C15H14ClNO5S/c1-10(15(18)19)17-23(20,21)12-8-6-11(7-9-12)22-14-5-3-2-4-13(14)16/h2-10,17H,1H3,(H,18,19)/t10-/m1/s1. The van der Waals surface area contributed by atoms with Crippen LogP contribution in [-0.4, -0.2) is 25.5 Å². The van der Waals surface area contributed by atoms with Gasteiger partial charge < -0.3 is 9.84 Å². The molecule has 1 atom stereocenters. The minimum Gasteiger partial charge on any atom is -0.480 e. The molecule has 2 rings (SSSR count). The first-order valence-electron chi connectivity index (χ1n) is 6.57. The third kappa shape index (κ3) is 4.44. The van der Waals surface area contributed by atoms with Gasteiger partial charge in [-0.2, -0.15) is 4.72 Å². The molecule has 0 bridgehead atoms. The fourth-order valence-corrected chi connectivity index (χ4v) is 3.06. The minimum atomic E-state index is -3.91. The summed E-state index contributed by atoms with van der Waals surface area (Å²) in [6.07, 6.45) is 0. The van der Waals surface area contributed by atoms with Gasteiger partial charge in [0.05, 0.1) is 9.92 Å². The van der Waals surface area contributed by atoms with Gasteiger partial charge in [0.1, 0.15) is 17.5 Å². The van der Waals surface area contributed by atoms with Gasteiger partial charge in [0.2, 0.25) is 10.0 Å². The van der Waals surface area contributed by atoms with Crippen LogP contribution in [0, 0.1) is 0 Å². The number of ether oxygens (including phenoxy) is 1. The number of nitrogens with one attached hydrogen (secondary N) is 1. The van der Waals surface area contributed by atoms with E-state index in [0.29, 0.717) is 16.5 Å². The van der Waals surface area contributed by atoms with Crippen molar-refractivity contribution in [3.8, 4) is 11.5 Å². The van der Waals surface area contributed by atoms with E-state index in [0.717, 1.165) is 0 Å². The fraction of sp³-hybridized carbons (Fsp3) is 0.133. The fourth-order valence-electron chi connectivity index (χ4n) is 1.69. The van der Waals surface area contributed by atoms with Crippen LogP contribution in [0.1, 0.15) is 6.92 Å². The molecule has 0 unspecified atom stereocenters. The average Bonchev–Trinajstić information content (AvgIpc) is 2.49. The van der Waals surface area contributed by atoms with Gasteiger partial charge in [0, 0.05) is 0 Å². The van der Waals surface area contributed by atoms with E-state index >= 15 is 0 Å². The van der Waals surface area contributed by atoms with Crippen LogP contribution < -0.4 is 9.46 Å². The first kappa shape index (κ1) is 17.3. The number of hydrogen-bond acceptors (Lipinski definition) is 4. The number of benzene rings is 2. The van der Waals surface area contributed by atoms with E-state index in [4.69, 9.17) is 21.4 Å². The molecule has 0 radical (unpaired) electrons. The zero-order valence-corrected chi connectivity index (χ0v) is 13.6. The molecule has 0 aliphatic rings. The summed E-state index contributed by atoms with van der Waals surface area (Å²) in [6, 6.07) is 11.2. The van der Waals surface area contributed by atoms with Crippen LogP contribution in [0.2, 0.25) is 5.02 Å². The molecular formula is C15H14ClNO5S. The second-order valence-electron chi connectivity index (χ2n) is 4.69. The zero-order chi connectivity index (χ0) is 17.0. The lowest BCUT2D eigenvalue weighted by Gasteiger charge is -2.11. The number of hydrogen-bond donors (Lipinski definition) is 2. The number of carbonyl (C=O) groups is 1. The lowest BCUT2D eigenvalue weighted by atomic mass is 10.3. The van der Waals surface area contributed by atoms with Crippen LogP contribution in [0.25, 0.3) is 0 Å². The molecule has 2 aromatic rings. The van der Waals surface area contributed by atoms with Crippen molar-refractivity contribution >= 4 is 27.6 Å². The summed E-state index contributed by atoms with van der Waals surface area (Å²) in [6.45, 7) is 1.24. The summed E-state index contributed by atoms with van der Waals surface area (Å²) < 4.78 is 31.7. The molecule has 0 spiro atoms. The van der Waals surface area contributed by atoms with E-state index in [2.05, 4.69) is 4.72 Å². The summed E-state index contributed by atoms with van der Waals surface area (Å²) in [5, 5.41) is 9.20. The molecule has 0 aliphatic heterocycles. The SMILES string of the molecule is C[C@@H](NS(=O)(=O)c1ccc(Oc2ccccc2Cl)cc1)C(=O)O. The van der Waals surface area contributed by atoms with Crippen LogP contribution in [-0.2, 0) is 14.8 Å². The molecule has 8 heteroatoms. The molecule has 122 valence electrons. The monoisotopic (exact) mass is 355 g/mol. The van der Waals surface area contributed by atoms with Gasteiger partial charge in [-0.1, -0.05) is 23.7 Å². The highest BCUT2D eigenvalue weighted by molar-refractivity contribution is 7.89. The molecule has 0 fully saturated rings. The summed E-state index contributed by atoms with van der Waals surface area (Å²) in [5.41, 5.74) is 0. The van der Waals surface area contributed by atoms with Gasteiger partial charge in [-0.05, 0) is 43.3 Å². The number of carboxylic acids is 1. The van der Waals surface area contributed by atoms with E-state index in [1.165, 1.54) is 31.2 Å². The Morgan fingerprint density at radius 3 is 2.35 bits per heavy atom. The second kappa shape index (κ2) is 6.99. The van der Waals surface area contributed by atoms with Gasteiger partial charge in [-0.15, -0.1) is 0 Å². The molecule has 0 amide bonds. The first-order valence-corrected chi connectivity index (χ1v) is 8.43. The molecule has 2 N–H and O–H groups in total. The van der Waals surface area contributed by atoms with Gasteiger partial charge >= 0.3 is 5.97 Å². The van der Waals surface area contributed by atoms with Crippen LogP contribution in [0.3, 0.4) is 0 Å². The summed E-state index contributed by atoms with van der Waals surface area (Å²) >= 11 is 5.98. The predicted molar refractivity (Wildman–Crippen MR) is 85.4 cm³/mol. The van der Waals surface area contributed by atoms with Gasteiger partial charge in [0.15, 0.2) is 0 Å². The third-order valence-corrected chi connectivity index (χ3v) is 4.77. The molecule has 0 aromatic heterocycles. The van der Waals surface area contributed by atoms with Crippen LogP contribution in [0.5, 0.6) is 11.5 Å². The summed E-state index contributed by atoms with van der Waals surface area (Å²) in [5.74, 6) is -0.405. The maximum atomic E-state index is 12.0. The Hall–Kier alpha value is -2.09. The van der Waals surface area contributed by atoms with Crippen molar-refractivity contribution in [2.24, 2.45) is 0 Å². The zero-order valence-electron chi connectivity index (χ0n) is 12.1. The van der Waals surface area contributed by atoms with E-state index in [1.807, 2.05) is 0 Å². The summed E-state index contributed by atoms with van der Waals surface area (Å²) in [4.78, 5) is 10.7. The van der Waals surface area contributed by atoms with Crippen LogP contribution in [0.4, 0.5) is 0 Å². The number of carboxylic acid groups (broad SMARTS) is 1. The molecule has 0 saturated carbocycles. The van der Waals surface area contributed by atoms with Gasteiger partial charge in [-0.3, -0.25) is 4.79 Å². The molecule has 0 saturated heterocycles. The first-order chi connectivity index (χ1) is 10.8. The van der Waals surface area contributed by atoms with Gasteiger partial charge in [0.25, 0.3) is 0 Å². The number of halogens is 1. The van der Waals surface area contributed by atoms with Crippen molar-refractivity contribution < 1.29 is 23.1 Å². The van der Waals surface area contributed by atoms with E-state index in [-0.39, 0.29) is 4.90 Å². The lowest BCUT2D eigenvalue weighted by molar-refractivity contribution is -0.138. The quantitative estimate of drug-likeness (QED) is 0.831. The van der Waals surface area contributed by atoms with Crippen molar-refractivity contribution in [2.75, 3.05) is 0 Å². The maximum Gasteiger partial charge on any atom is 0.321 e. The Labute approximate surface area is 138 Å². The Balaban J connectivity index is 2.16. The van der Waals surface area contributed by atoms with Crippen molar-refractivity contribution in [1.29, 1.82) is 0 Å². The number of sulfonamides is 1. The Morgan fingerprint density at radius 2 is 1.78 bits per heavy atom. The smallest absolute Gasteiger partial charge is 0.321 e. The number of rotatable bonds is 6. The summed E-state index contributed by atoms with van der Waals surface area (Å²) in [7, 11) is -3.91.